The van der Waals surface area contributed by atoms with E-state index in [0.717, 1.165) is 12.8 Å². The van der Waals surface area contributed by atoms with Gasteiger partial charge in [-0.1, -0.05) is 13.8 Å². The van der Waals surface area contributed by atoms with Crippen molar-refractivity contribution in [2.45, 2.75) is 64.3 Å². The van der Waals surface area contributed by atoms with Gasteiger partial charge in [-0.3, -0.25) is 4.79 Å². The fourth-order valence-corrected chi connectivity index (χ4v) is 2.40. The van der Waals surface area contributed by atoms with Crippen LogP contribution in [0.25, 0.3) is 0 Å². The van der Waals surface area contributed by atoms with Crippen molar-refractivity contribution in [2.24, 2.45) is 5.73 Å². The SMILES string of the molecule is CCC(CC)OC1C=C(C(=O)O)CC(N)C1NC(C)=O.Cl. The lowest BCUT2D eigenvalue weighted by Gasteiger charge is -2.36. The number of carboxylic acids is 1. The first-order valence-electron chi connectivity index (χ1n) is 7.01. The van der Waals surface area contributed by atoms with Gasteiger partial charge in [0.25, 0.3) is 0 Å². The quantitative estimate of drug-likeness (QED) is 0.683. The average Bonchev–Trinajstić information content (AvgIpc) is 2.38. The summed E-state index contributed by atoms with van der Waals surface area (Å²) in [5.74, 6) is -1.18. The molecule has 0 fully saturated rings. The number of nitrogens with one attached hydrogen (secondary N) is 1. The number of amides is 1. The molecule has 6 nitrogen and oxygen atoms in total. The number of carbonyl (C=O) groups excluding carboxylic acids is 1. The molecule has 1 aliphatic carbocycles. The van der Waals surface area contributed by atoms with E-state index in [1.807, 2.05) is 13.8 Å². The third-order valence-corrected chi connectivity index (χ3v) is 3.54. The number of hydrogen-bond donors (Lipinski definition) is 3. The first-order valence-corrected chi connectivity index (χ1v) is 7.01. The van der Waals surface area contributed by atoms with E-state index in [1.165, 1.54) is 6.92 Å². The minimum atomic E-state index is -0.986. The molecule has 0 spiro atoms. The largest absolute Gasteiger partial charge is 0.478 e. The fraction of sp³-hybridized carbons (Fsp3) is 0.714. The summed E-state index contributed by atoms with van der Waals surface area (Å²) in [6.45, 7) is 5.43. The molecule has 122 valence electrons. The van der Waals surface area contributed by atoms with Gasteiger partial charge in [0.15, 0.2) is 0 Å². The molecule has 0 radical (unpaired) electrons. The fourth-order valence-electron chi connectivity index (χ4n) is 2.40. The molecule has 0 aliphatic heterocycles. The van der Waals surface area contributed by atoms with Crippen LogP contribution in [0.3, 0.4) is 0 Å². The van der Waals surface area contributed by atoms with Crippen LogP contribution in [0, 0.1) is 0 Å². The lowest BCUT2D eigenvalue weighted by atomic mass is 9.88. The predicted octanol–water partition coefficient (Wildman–Crippen LogP) is 1.23. The second-order valence-electron chi connectivity index (χ2n) is 5.13. The van der Waals surface area contributed by atoms with Gasteiger partial charge in [0.1, 0.15) is 0 Å². The molecule has 0 aromatic heterocycles. The molecule has 0 heterocycles. The maximum absolute atomic E-state index is 11.3. The van der Waals surface area contributed by atoms with Crippen LogP contribution < -0.4 is 11.1 Å². The van der Waals surface area contributed by atoms with Crippen molar-refractivity contribution < 1.29 is 19.4 Å². The Labute approximate surface area is 131 Å². The van der Waals surface area contributed by atoms with E-state index in [-0.39, 0.29) is 36.4 Å². The second-order valence-corrected chi connectivity index (χ2v) is 5.13. The summed E-state index contributed by atoms with van der Waals surface area (Å²) in [4.78, 5) is 22.4. The molecule has 0 aromatic carbocycles. The van der Waals surface area contributed by atoms with E-state index in [4.69, 9.17) is 15.6 Å². The Kier molecular flexibility index (Phi) is 8.54. The summed E-state index contributed by atoms with van der Waals surface area (Å²) >= 11 is 0. The third-order valence-electron chi connectivity index (χ3n) is 3.54. The number of halogens is 1. The zero-order valence-electron chi connectivity index (χ0n) is 12.7. The summed E-state index contributed by atoms with van der Waals surface area (Å²) in [6.07, 6.45) is 2.97. The monoisotopic (exact) mass is 320 g/mol. The molecule has 3 atom stereocenters. The van der Waals surface area contributed by atoms with Crippen molar-refractivity contribution in [1.82, 2.24) is 5.32 Å². The van der Waals surface area contributed by atoms with Crippen LogP contribution >= 0.6 is 12.4 Å². The van der Waals surface area contributed by atoms with E-state index in [0.29, 0.717) is 0 Å². The standard InChI is InChI=1S/C14H24N2O4.ClH/c1-4-10(5-2)20-12-7-9(14(18)19)6-11(15)13(12)16-8(3)17;/h7,10-13H,4-6,15H2,1-3H3,(H,16,17)(H,18,19);1H. The van der Waals surface area contributed by atoms with Gasteiger partial charge >= 0.3 is 5.97 Å². The molecule has 1 rings (SSSR count). The number of carbonyl (C=O) groups is 2. The zero-order chi connectivity index (χ0) is 15.3. The van der Waals surface area contributed by atoms with E-state index in [9.17, 15) is 9.59 Å². The van der Waals surface area contributed by atoms with Crippen LogP contribution in [0.2, 0.25) is 0 Å². The minimum absolute atomic E-state index is 0. The van der Waals surface area contributed by atoms with Gasteiger partial charge in [0.2, 0.25) is 5.91 Å². The normalized spacial score (nSPS) is 25.0. The topological polar surface area (TPSA) is 102 Å². The van der Waals surface area contributed by atoms with E-state index in [2.05, 4.69) is 5.32 Å². The molecule has 4 N–H and O–H groups in total. The molecule has 1 amide bonds. The summed E-state index contributed by atoms with van der Waals surface area (Å²) in [6, 6.07) is -0.856. The van der Waals surface area contributed by atoms with Crippen molar-refractivity contribution in [1.29, 1.82) is 0 Å². The highest BCUT2D eigenvalue weighted by Gasteiger charge is 2.35. The first kappa shape index (κ1) is 19.9. The summed E-state index contributed by atoms with van der Waals surface area (Å²) in [7, 11) is 0. The summed E-state index contributed by atoms with van der Waals surface area (Å²) < 4.78 is 5.92. The Morgan fingerprint density at radius 1 is 1.48 bits per heavy atom. The van der Waals surface area contributed by atoms with Gasteiger partial charge in [0.05, 0.1) is 18.2 Å². The molecule has 0 saturated heterocycles. The molecule has 0 aromatic rings. The predicted molar refractivity (Wildman–Crippen MR) is 82.4 cm³/mol. The molecule has 0 bridgehead atoms. The van der Waals surface area contributed by atoms with Gasteiger partial charge < -0.3 is 20.9 Å². The number of rotatable bonds is 6. The van der Waals surface area contributed by atoms with Crippen molar-refractivity contribution in [3.8, 4) is 0 Å². The molecule has 3 unspecified atom stereocenters. The Balaban J connectivity index is 0.00000400. The number of aliphatic carboxylic acids is 1. The van der Waals surface area contributed by atoms with Gasteiger partial charge in [-0.2, -0.15) is 0 Å². The molecular formula is C14H25ClN2O4. The van der Waals surface area contributed by atoms with Crippen LogP contribution in [0.4, 0.5) is 0 Å². The maximum Gasteiger partial charge on any atom is 0.331 e. The Hall–Kier alpha value is -1.11. The van der Waals surface area contributed by atoms with Crippen LogP contribution in [-0.2, 0) is 14.3 Å². The second kappa shape index (κ2) is 9.02. The molecule has 0 saturated carbocycles. The molecule has 7 heteroatoms. The Morgan fingerprint density at radius 2 is 2.05 bits per heavy atom. The van der Waals surface area contributed by atoms with Crippen molar-refractivity contribution in [3.63, 3.8) is 0 Å². The van der Waals surface area contributed by atoms with Crippen LogP contribution in [0.1, 0.15) is 40.0 Å². The Morgan fingerprint density at radius 3 is 2.48 bits per heavy atom. The van der Waals surface area contributed by atoms with Gasteiger partial charge in [-0.05, 0) is 25.3 Å². The van der Waals surface area contributed by atoms with Crippen molar-refractivity contribution >= 4 is 24.3 Å². The highest BCUT2D eigenvalue weighted by Crippen LogP contribution is 2.23. The van der Waals surface area contributed by atoms with Crippen molar-refractivity contribution in [2.75, 3.05) is 0 Å². The molecule has 1 aliphatic rings. The third kappa shape index (κ3) is 5.65. The highest BCUT2D eigenvalue weighted by atomic mass is 35.5. The maximum atomic E-state index is 11.3. The first-order chi connectivity index (χ1) is 9.38. The number of carboxylic acid groups (broad SMARTS) is 1. The number of nitrogens with two attached hydrogens (primary N) is 1. The van der Waals surface area contributed by atoms with Gasteiger partial charge in [-0.15, -0.1) is 12.4 Å². The lowest BCUT2D eigenvalue weighted by Crippen LogP contribution is -2.57. The minimum Gasteiger partial charge on any atom is -0.478 e. The smallest absolute Gasteiger partial charge is 0.331 e. The van der Waals surface area contributed by atoms with E-state index in [1.54, 1.807) is 6.08 Å². The van der Waals surface area contributed by atoms with Gasteiger partial charge in [-0.25, -0.2) is 4.79 Å². The number of ether oxygens (including phenoxy) is 1. The zero-order valence-corrected chi connectivity index (χ0v) is 13.5. The summed E-state index contributed by atoms with van der Waals surface area (Å²) in [5.41, 5.74) is 6.25. The highest BCUT2D eigenvalue weighted by molar-refractivity contribution is 5.87. The Bertz CT molecular complexity index is 396. The summed E-state index contributed by atoms with van der Waals surface area (Å²) in [5, 5.41) is 11.9. The number of hydrogen-bond acceptors (Lipinski definition) is 4. The molecule has 21 heavy (non-hydrogen) atoms. The van der Waals surface area contributed by atoms with E-state index >= 15 is 0 Å². The average molecular weight is 321 g/mol. The lowest BCUT2D eigenvalue weighted by molar-refractivity contribution is -0.133. The van der Waals surface area contributed by atoms with E-state index < -0.39 is 24.2 Å². The molecular weight excluding hydrogens is 296 g/mol. The van der Waals surface area contributed by atoms with Crippen LogP contribution in [0.5, 0.6) is 0 Å². The van der Waals surface area contributed by atoms with Crippen LogP contribution in [-0.4, -0.2) is 41.3 Å². The van der Waals surface area contributed by atoms with Gasteiger partial charge in [0, 0.05) is 18.5 Å². The van der Waals surface area contributed by atoms with Crippen LogP contribution in [0.15, 0.2) is 11.6 Å². The van der Waals surface area contributed by atoms with Crippen molar-refractivity contribution in [3.05, 3.63) is 11.6 Å².